The van der Waals surface area contributed by atoms with Gasteiger partial charge in [0.15, 0.2) is 0 Å². The Morgan fingerprint density at radius 3 is 2.79 bits per heavy atom. The van der Waals surface area contributed by atoms with E-state index in [0.717, 1.165) is 5.69 Å². The van der Waals surface area contributed by atoms with E-state index in [1.807, 2.05) is 6.92 Å². The van der Waals surface area contributed by atoms with Gasteiger partial charge in [0.1, 0.15) is 18.4 Å². The van der Waals surface area contributed by atoms with Crippen molar-refractivity contribution < 1.29 is 9.59 Å². The Balaban J connectivity index is 2.08. The molecule has 0 aliphatic carbocycles. The summed E-state index contributed by atoms with van der Waals surface area (Å²) >= 11 is 0. The number of carbonyl (C=O) groups is 2. The second-order valence-corrected chi connectivity index (χ2v) is 4.89. The van der Waals surface area contributed by atoms with Gasteiger partial charge in [-0.1, -0.05) is 0 Å². The number of rotatable bonds is 2. The van der Waals surface area contributed by atoms with E-state index < -0.39 is 6.04 Å². The molecule has 1 saturated heterocycles. The zero-order valence-electron chi connectivity index (χ0n) is 11.5. The van der Waals surface area contributed by atoms with E-state index in [1.165, 1.54) is 4.68 Å². The van der Waals surface area contributed by atoms with Crippen molar-refractivity contribution in [3.8, 4) is 0 Å². The largest absolute Gasteiger partial charge is 0.384 e. The van der Waals surface area contributed by atoms with E-state index in [9.17, 15) is 9.59 Å². The highest BCUT2D eigenvalue weighted by atomic mass is 16.2. The summed E-state index contributed by atoms with van der Waals surface area (Å²) in [6.45, 7) is 4.73. The third-order valence-electron chi connectivity index (χ3n) is 3.42. The number of nitrogen functional groups attached to an aromatic ring is 1. The Bertz CT molecular complexity index is 510. The first kappa shape index (κ1) is 13.4. The summed E-state index contributed by atoms with van der Waals surface area (Å²) in [4.78, 5) is 27.3. The number of hydrogen-bond donors (Lipinski definition) is 1. The number of nitrogens with zero attached hydrogens (tertiary/aromatic N) is 4. The summed E-state index contributed by atoms with van der Waals surface area (Å²) in [5.41, 5.74) is 6.53. The average Bonchev–Trinajstić information content (AvgIpc) is 2.65. The Kier molecular flexibility index (Phi) is 3.46. The van der Waals surface area contributed by atoms with Crippen LogP contribution in [0.3, 0.4) is 0 Å². The maximum Gasteiger partial charge on any atom is 0.245 e. The molecule has 0 aromatic carbocycles. The molecule has 2 N–H and O–H groups in total. The fourth-order valence-electron chi connectivity index (χ4n) is 2.27. The van der Waals surface area contributed by atoms with Crippen LogP contribution in [-0.2, 0) is 16.1 Å². The molecule has 2 amide bonds. The highest BCUT2D eigenvalue weighted by molar-refractivity contribution is 5.88. The molecule has 0 radical (unpaired) electrons. The molecule has 104 valence electrons. The standard InChI is InChI=1S/C12H19N5O2/c1-8-6-10(13)17(14-8)7-11(18)16-5-4-15(3)12(19)9(16)2/h6,9H,4-5,7,13H2,1-3H3/t9-/m0/s1. The summed E-state index contributed by atoms with van der Waals surface area (Å²) in [5.74, 6) is 0.284. The summed E-state index contributed by atoms with van der Waals surface area (Å²) in [6.07, 6.45) is 0. The minimum Gasteiger partial charge on any atom is -0.384 e. The highest BCUT2D eigenvalue weighted by Crippen LogP contribution is 2.12. The summed E-state index contributed by atoms with van der Waals surface area (Å²) < 4.78 is 1.47. The number of nitrogens with two attached hydrogens (primary N) is 1. The van der Waals surface area contributed by atoms with Crippen LogP contribution in [0.4, 0.5) is 5.82 Å². The predicted octanol–water partition coefficient (Wildman–Crippen LogP) is -0.537. The lowest BCUT2D eigenvalue weighted by molar-refractivity contribution is -0.149. The maximum atomic E-state index is 12.2. The minimum absolute atomic E-state index is 0.0378. The lowest BCUT2D eigenvalue weighted by atomic mass is 10.2. The topological polar surface area (TPSA) is 84.5 Å². The van der Waals surface area contributed by atoms with Gasteiger partial charge in [0.2, 0.25) is 11.8 Å². The summed E-state index contributed by atoms with van der Waals surface area (Å²) in [5, 5.41) is 4.15. The number of aromatic nitrogens is 2. The fourth-order valence-corrected chi connectivity index (χ4v) is 2.27. The van der Waals surface area contributed by atoms with Crippen LogP contribution in [-0.4, -0.2) is 57.6 Å². The van der Waals surface area contributed by atoms with Crippen LogP contribution in [0.5, 0.6) is 0 Å². The van der Waals surface area contributed by atoms with Crippen LogP contribution in [0.1, 0.15) is 12.6 Å². The van der Waals surface area contributed by atoms with E-state index in [2.05, 4.69) is 5.10 Å². The third-order valence-corrected chi connectivity index (χ3v) is 3.42. The van der Waals surface area contributed by atoms with Gasteiger partial charge in [-0.2, -0.15) is 5.10 Å². The molecule has 0 saturated carbocycles. The number of aryl methyl sites for hydroxylation is 1. The lowest BCUT2D eigenvalue weighted by Crippen LogP contribution is -2.56. The Morgan fingerprint density at radius 2 is 2.21 bits per heavy atom. The third kappa shape index (κ3) is 2.54. The van der Waals surface area contributed by atoms with Crippen molar-refractivity contribution in [3.63, 3.8) is 0 Å². The van der Waals surface area contributed by atoms with Crippen LogP contribution < -0.4 is 5.73 Å². The van der Waals surface area contributed by atoms with E-state index in [0.29, 0.717) is 18.9 Å². The van der Waals surface area contributed by atoms with Crippen LogP contribution >= 0.6 is 0 Å². The normalized spacial score (nSPS) is 19.9. The molecule has 2 rings (SSSR count). The van der Waals surface area contributed by atoms with Crippen LogP contribution in [0.2, 0.25) is 0 Å². The molecule has 1 aliphatic rings. The van der Waals surface area contributed by atoms with Crippen LogP contribution in [0.25, 0.3) is 0 Å². The lowest BCUT2D eigenvalue weighted by Gasteiger charge is -2.37. The first-order valence-electron chi connectivity index (χ1n) is 6.24. The molecule has 0 bridgehead atoms. The second-order valence-electron chi connectivity index (χ2n) is 4.89. The first-order chi connectivity index (χ1) is 8.90. The zero-order valence-corrected chi connectivity index (χ0v) is 11.5. The Labute approximate surface area is 111 Å². The van der Waals surface area contributed by atoms with Crippen LogP contribution in [0.15, 0.2) is 6.07 Å². The summed E-state index contributed by atoms with van der Waals surface area (Å²) in [6, 6.07) is 1.29. The Morgan fingerprint density at radius 1 is 1.53 bits per heavy atom. The molecule has 19 heavy (non-hydrogen) atoms. The predicted molar refractivity (Wildman–Crippen MR) is 70.2 cm³/mol. The van der Waals surface area contributed by atoms with E-state index in [1.54, 1.807) is 29.8 Å². The zero-order chi connectivity index (χ0) is 14.2. The number of piperazine rings is 1. The number of hydrogen-bond acceptors (Lipinski definition) is 4. The van der Waals surface area contributed by atoms with Crippen molar-refractivity contribution in [1.82, 2.24) is 19.6 Å². The molecule has 7 nitrogen and oxygen atoms in total. The van der Waals surface area contributed by atoms with Crippen molar-refractivity contribution in [3.05, 3.63) is 11.8 Å². The molecule has 1 aromatic rings. The van der Waals surface area contributed by atoms with Gasteiger partial charge in [0.05, 0.1) is 5.69 Å². The molecule has 0 unspecified atom stereocenters. The van der Waals surface area contributed by atoms with Crippen LogP contribution in [0, 0.1) is 6.92 Å². The highest BCUT2D eigenvalue weighted by Gasteiger charge is 2.32. The van der Waals surface area contributed by atoms with Crippen molar-refractivity contribution in [2.75, 3.05) is 25.9 Å². The van der Waals surface area contributed by atoms with Crippen molar-refractivity contribution in [1.29, 1.82) is 0 Å². The van der Waals surface area contributed by atoms with E-state index >= 15 is 0 Å². The van der Waals surface area contributed by atoms with Crippen molar-refractivity contribution >= 4 is 17.6 Å². The Hall–Kier alpha value is -2.05. The quantitative estimate of drug-likeness (QED) is 0.778. The van der Waals surface area contributed by atoms with Gasteiger partial charge in [0.25, 0.3) is 0 Å². The van der Waals surface area contributed by atoms with Crippen molar-refractivity contribution in [2.24, 2.45) is 0 Å². The summed E-state index contributed by atoms with van der Waals surface area (Å²) in [7, 11) is 1.75. The number of amides is 2. The molecular formula is C12H19N5O2. The smallest absolute Gasteiger partial charge is 0.245 e. The van der Waals surface area contributed by atoms with Gasteiger partial charge in [-0.3, -0.25) is 9.59 Å². The molecule has 2 heterocycles. The van der Waals surface area contributed by atoms with E-state index in [4.69, 9.17) is 5.73 Å². The molecule has 0 spiro atoms. The molecular weight excluding hydrogens is 246 g/mol. The monoisotopic (exact) mass is 265 g/mol. The first-order valence-corrected chi connectivity index (χ1v) is 6.24. The number of likely N-dealkylation sites (N-methyl/N-ethyl adjacent to an activating group) is 1. The van der Waals surface area contributed by atoms with Gasteiger partial charge in [-0.15, -0.1) is 0 Å². The fraction of sp³-hybridized carbons (Fsp3) is 0.583. The molecule has 1 fully saturated rings. The second kappa shape index (κ2) is 4.91. The van der Waals surface area contributed by atoms with Crippen molar-refractivity contribution in [2.45, 2.75) is 26.4 Å². The molecule has 1 aliphatic heterocycles. The molecule has 1 aromatic heterocycles. The minimum atomic E-state index is -0.427. The number of carbonyl (C=O) groups excluding carboxylic acids is 2. The van der Waals surface area contributed by atoms with E-state index in [-0.39, 0.29) is 18.4 Å². The molecule has 1 atom stereocenters. The van der Waals surface area contributed by atoms with Gasteiger partial charge in [-0.05, 0) is 13.8 Å². The van der Waals surface area contributed by atoms with Gasteiger partial charge >= 0.3 is 0 Å². The van der Waals surface area contributed by atoms with Gasteiger partial charge in [-0.25, -0.2) is 4.68 Å². The maximum absolute atomic E-state index is 12.2. The van der Waals surface area contributed by atoms with Gasteiger partial charge in [0, 0.05) is 26.2 Å². The molecule has 7 heteroatoms. The average molecular weight is 265 g/mol. The van der Waals surface area contributed by atoms with Gasteiger partial charge < -0.3 is 15.5 Å². The SMILES string of the molecule is Cc1cc(N)n(CC(=O)N2CCN(C)C(=O)[C@@H]2C)n1. The number of anilines is 1.